The summed E-state index contributed by atoms with van der Waals surface area (Å²) >= 11 is 0. The van der Waals surface area contributed by atoms with Crippen LogP contribution in [0.3, 0.4) is 0 Å². The zero-order valence-corrected chi connectivity index (χ0v) is 46.1. The predicted molar refractivity (Wildman–Crippen MR) is 279 cm³/mol. The SMILES string of the molecule is COc1ccccc1Oc1c(OCCOC(=O)Oc2cccc(CO[N+](=O)[O-])c2)nc(-c2ccnc(-c3nnnn3C(C)OC(=O)OCCCCCO[N+](=O)[O-])c2)nc1N(C(C)OC(=O)OCCOCCO[N+](=O)[O-])S(=O)(=O)c1ccc(C)cn1. The van der Waals surface area contributed by atoms with E-state index >= 15 is 8.42 Å². The largest absolute Gasteiger partial charge is 0.513 e. The number of methoxy groups -OCH3 is 1. The van der Waals surface area contributed by atoms with Crippen molar-refractivity contribution in [3.63, 3.8) is 0 Å². The highest BCUT2D eigenvalue weighted by molar-refractivity contribution is 7.92. The first-order chi connectivity index (χ1) is 40.8. The van der Waals surface area contributed by atoms with Crippen LogP contribution in [0.4, 0.5) is 20.2 Å². The smallest absolute Gasteiger partial charge is 0.493 e. The first kappa shape index (κ1) is 63.6. The molecule has 37 heteroatoms. The first-order valence-electron chi connectivity index (χ1n) is 24.9. The molecule has 2 unspecified atom stereocenters. The molecular formula is C48H52N12O24S. The van der Waals surface area contributed by atoms with Gasteiger partial charge >= 0.3 is 18.5 Å². The minimum absolute atomic E-state index is 0.00458. The Bertz CT molecular complexity index is 3360. The molecule has 0 aliphatic carbocycles. The molecule has 4 heterocycles. The summed E-state index contributed by atoms with van der Waals surface area (Å²) in [6.07, 6.45) is -3.31. The van der Waals surface area contributed by atoms with Crippen molar-refractivity contribution >= 4 is 34.3 Å². The van der Waals surface area contributed by atoms with Gasteiger partial charge in [-0.15, -0.1) is 35.4 Å². The van der Waals surface area contributed by atoms with E-state index in [1.807, 2.05) is 0 Å². The van der Waals surface area contributed by atoms with Crippen LogP contribution in [0, 0.1) is 37.3 Å². The van der Waals surface area contributed by atoms with Crippen LogP contribution in [-0.4, -0.2) is 148 Å². The molecule has 36 nitrogen and oxygen atoms in total. The van der Waals surface area contributed by atoms with E-state index in [4.69, 9.17) is 52.4 Å². The van der Waals surface area contributed by atoms with Gasteiger partial charge in [-0.05, 0) is 104 Å². The summed E-state index contributed by atoms with van der Waals surface area (Å²) in [7, 11) is -3.75. The van der Waals surface area contributed by atoms with Crippen molar-refractivity contribution in [2.24, 2.45) is 0 Å². The topological polar surface area (TPSA) is 433 Å². The maximum absolute atomic E-state index is 15.2. The molecule has 0 saturated carbocycles. The Hall–Kier alpha value is -10.6. The number of benzene rings is 2. The third kappa shape index (κ3) is 19.5. The highest BCUT2D eigenvalue weighted by Gasteiger charge is 2.39. The number of aromatic nitrogens is 8. The Labute approximate surface area is 480 Å². The molecule has 2 atom stereocenters. The van der Waals surface area contributed by atoms with E-state index in [-0.39, 0.29) is 72.1 Å². The van der Waals surface area contributed by atoms with Crippen LogP contribution in [0.2, 0.25) is 0 Å². The Morgan fingerprint density at radius 1 is 0.718 bits per heavy atom. The number of carbonyl (C=O) groups excluding carboxylic acids is 3. The van der Waals surface area contributed by atoms with E-state index < -0.39 is 112 Å². The standard InChI is InChI=1S/C48H52N12O24S/c1-31-15-16-40(50-29-31)85(70,71)57(33(3)82-47(62)76-23-21-73-22-26-79-59(66)67)44-41(84-39-14-7-6-13-38(39)72-4)45(74-24-25-77-48(63)83-36-12-10-11-34(27-36)30-80-60(68)69)52-42(51-44)35-17-18-49-37(28-35)43-53-54-55-56(43)32(2)81-46(61)75-19-8-5-9-20-78-58(64)65/h6-7,10-18,27-29,32-33H,5,8-9,19-26,30H2,1-4H3. The van der Waals surface area contributed by atoms with Crippen LogP contribution >= 0.6 is 0 Å². The number of hydrogen-bond donors (Lipinski definition) is 0. The fourth-order valence-electron chi connectivity index (χ4n) is 6.98. The van der Waals surface area contributed by atoms with Gasteiger partial charge < -0.3 is 61.9 Å². The van der Waals surface area contributed by atoms with E-state index in [0.29, 0.717) is 29.1 Å². The molecule has 0 bridgehead atoms. The molecule has 0 radical (unpaired) electrons. The highest BCUT2D eigenvalue weighted by Crippen LogP contribution is 2.45. The fraction of sp³-hybridized carbons (Fsp3) is 0.375. The Morgan fingerprint density at radius 2 is 1.41 bits per heavy atom. The quantitative estimate of drug-likeness (QED) is 0.00854. The number of hydrogen-bond acceptors (Lipinski definition) is 31. The number of rotatable bonds is 34. The molecule has 0 amide bonds. The molecule has 0 fully saturated rings. The number of aryl methyl sites for hydroxylation is 1. The van der Waals surface area contributed by atoms with Crippen LogP contribution in [0.15, 0.2) is 90.2 Å². The second-order valence-electron chi connectivity index (χ2n) is 16.7. The van der Waals surface area contributed by atoms with Crippen molar-refractivity contribution < 1.29 is 99.9 Å². The van der Waals surface area contributed by atoms with Crippen molar-refractivity contribution in [3.8, 4) is 51.8 Å². The number of ether oxygens (including phenoxy) is 10. The summed E-state index contributed by atoms with van der Waals surface area (Å²) < 4.78 is 87.1. The number of sulfonamides is 1. The summed E-state index contributed by atoms with van der Waals surface area (Å²) in [5.74, 6) is -2.33. The van der Waals surface area contributed by atoms with E-state index in [1.165, 1.54) is 87.1 Å². The lowest BCUT2D eigenvalue weighted by Gasteiger charge is -2.30. The van der Waals surface area contributed by atoms with Gasteiger partial charge in [0.05, 0.1) is 33.5 Å². The van der Waals surface area contributed by atoms with E-state index in [2.05, 4.69) is 45.0 Å². The Balaban J connectivity index is 1.41. The fourth-order valence-corrected chi connectivity index (χ4v) is 8.39. The third-order valence-corrected chi connectivity index (χ3v) is 12.5. The Kier molecular flexibility index (Phi) is 23.6. The van der Waals surface area contributed by atoms with Gasteiger partial charge in [-0.2, -0.15) is 18.1 Å². The Morgan fingerprint density at radius 3 is 2.15 bits per heavy atom. The van der Waals surface area contributed by atoms with Crippen LogP contribution in [0.1, 0.15) is 50.5 Å². The van der Waals surface area contributed by atoms with Crippen LogP contribution in [0.5, 0.6) is 28.9 Å². The first-order valence-corrected chi connectivity index (χ1v) is 26.3. The van der Waals surface area contributed by atoms with Gasteiger partial charge in [0.1, 0.15) is 44.5 Å². The van der Waals surface area contributed by atoms with Crippen molar-refractivity contribution in [1.29, 1.82) is 0 Å². The van der Waals surface area contributed by atoms with Crippen LogP contribution in [-0.2, 0) is 59.6 Å². The monoisotopic (exact) mass is 1210 g/mol. The van der Waals surface area contributed by atoms with Crippen LogP contribution < -0.4 is 23.3 Å². The lowest BCUT2D eigenvalue weighted by molar-refractivity contribution is -0.763. The van der Waals surface area contributed by atoms with Crippen molar-refractivity contribution in [3.05, 3.63) is 127 Å². The molecule has 0 aliphatic heterocycles. The normalized spacial score (nSPS) is 11.6. The number of pyridine rings is 2. The molecule has 6 aromatic rings. The summed E-state index contributed by atoms with van der Waals surface area (Å²) in [5, 5.41) is 39.8. The number of anilines is 1. The van der Waals surface area contributed by atoms with Gasteiger partial charge in [-0.3, -0.25) is 4.98 Å². The molecule has 0 aliphatic rings. The van der Waals surface area contributed by atoms with Crippen LogP contribution in [0.25, 0.3) is 22.9 Å². The van der Waals surface area contributed by atoms with E-state index in [1.54, 1.807) is 19.1 Å². The number of nitrogens with zero attached hydrogens (tertiary/aromatic N) is 12. The molecule has 0 saturated heterocycles. The number of carbonyl (C=O) groups is 3. The zero-order chi connectivity index (χ0) is 61.3. The third-order valence-electron chi connectivity index (χ3n) is 10.7. The highest BCUT2D eigenvalue weighted by atomic mass is 32.2. The minimum Gasteiger partial charge on any atom is -0.493 e. The van der Waals surface area contributed by atoms with E-state index in [9.17, 15) is 44.7 Å². The van der Waals surface area contributed by atoms with E-state index in [0.717, 1.165) is 11.6 Å². The summed E-state index contributed by atoms with van der Waals surface area (Å²) in [5.41, 5.74) is 0.876. The maximum atomic E-state index is 15.2. The lowest BCUT2D eigenvalue weighted by Crippen LogP contribution is -2.43. The molecular weight excluding hydrogens is 1160 g/mol. The van der Waals surface area contributed by atoms with Crippen molar-refractivity contribution in [1.82, 2.24) is 40.1 Å². The predicted octanol–water partition coefficient (Wildman–Crippen LogP) is 5.97. The molecule has 85 heavy (non-hydrogen) atoms. The molecule has 4 aromatic heterocycles. The van der Waals surface area contributed by atoms with Gasteiger partial charge in [-0.1, -0.05) is 30.3 Å². The zero-order valence-electron chi connectivity index (χ0n) is 45.3. The minimum atomic E-state index is -5.07. The van der Waals surface area contributed by atoms with Gasteiger partial charge in [-0.25, -0.2) is 28.7 Å². The molecule has 0 N–H and O–H groups in total. The van der Waals surface area contributed by atoms with Gasteiger partial charge in [0, 0.05) is 18.0 Å². The second kappa shape index (κ2) is 31.6. The maximum Gasteiger partial charge on any atom is 0.513 e. The molecule has 2 aromatic carbocycles. The average Bonchev–Trinajstić information content (AvgIpc) is 2.29. The molecule has 0 spiro atoms. The summed E-state index contributed by atoms with van der Waals surface area (Å²) in [4.78, 5) is 101. The number of para-hydroxylation sites is 2. The van der Waals surface area contributed by atoms with Gasteiger partial charge in [0.25, 0.3) is 31.2 Å². The number of tetrazole rings is 1. The molecule has 454 valence electrons. The van der Waals surface area contributed by atoms with Crippen molar-refractivity contribution in [2.75, 3.05) is 64.3 Å². The molecule has 6 rings (SSSR count). The van der Waals surface area contributed by atoms with Crippen molar-refractivity contribution in [2.45, 2.75) is 64.1 Å². The van der Waals surface area contributed by atoms with Gasteiger partial charge in [0.15, 0.2) is 40.6 Å². The number of unbranched alkanes of at least 4 members (excludes halogenated alkanes) is 2. The van der Waals surface area contributed by atoms with Gasteiger partial charge in [0.2, 0.25) is 11.6 Å². The second-order valence-corrected chi connectivity index (χ2v) is 18.5. The summed E-state index contributed by atoms with van der Waals surface area (Å²) in [6, 6.07) is 17.1. The summed E-state index contributed by atoms with van der Waals surface area (Å²) in [6.45, 7) is 0.916. The average molecular weight is 1210 g/mol. The lowest BCUT2D eigenvalue weighted by atomic mass is 10.2.